The van der Waals surface area contributed by atoms with Crippen LogP contribution in [0.15, 0.2) is 0 Å². The molecule has 0 aromatic heterocycles. The lowest BCUT2D eigenvalue weighted by atomic mass is 10.1. The van der Waals surface area contributed by atoms with Crippen molar-refractivity contribution >= 4 is 11.9 Å². The first-order chi connectivity index (χ1) is 6.07. The molecule has 0 aliphatic rings. The molecule has 0 unspecified atom stereocenters. The van der Waals surface area contributed by atoms with Gasteiger partial charge in [0.1, 0.15) is 0 Å². The number of hydrogen-bond donors (Lipinski definition) is 2. The standard InChI is InChI=1S/C7H14N2O4/c1-5(2)3-4-12-6(10)7(11)13-9-8/h5,9H,3-4,8H2,1-2H3. The van der Waals surface area contributed by atoms with Crippen LogP contribution >= 0.6 is 0 Å². The number of hydrazine groups is 1. The van der Waals surface area contributed by atoms with Crippen molar-refractivity contribution in [3.63, 3.8) is 0 Å². The minimum Gasteiger partial charge on any atom is -0.457 e. The summed E-state index contributed by atoms with van der Waals surface area (Å²) in [6.07, 6.45) is 0.703. The van der Waals surface area contributed by atoms with Gasteiger partial charge in [-0.1, -0.05) is 19.4 Å². The summed E-state index contributed by atoms with van der Waals surface area (Å²) in [5.41, 5.74) is 1.60. The van der Waals surface area contributed by atoms with Crippen LogP contribution in [-0.4, -0.2) is 18.5 Å². The van der Waals surface area contributed by atoms with E-state index in [4.69, 9.17) is 0 Å². The molecule has 13 heavy (non-hydrogen) atoms. The summed E-state index contributed by atoms with van der Waals surface area (Å²) >= 11 is 0. The second-order valence-corrected chi connectivity index (χ2v) is 2.83. The summed E-state index contributed by atoms with van der Waals surface area (Å²) < 4.78 is 4.56. The molecular weight excluding hydrogens is 176 g/mol. The maximum absolute atomic E-state index is 10.7. The van der Waals surface area contributed by atoms with Gasteiger partial charge >= 0.3 is 11.9 Å². The molecule has 0 aromatic carbocycles. The van der Waals surface area contributed by atoms with Crippen molar-refractivity contribution in [2.75, 3.05) is 6.61 Å². The Hall–Kier alpha value is -1.14. The van der Waals surface area contributed by atoms with Gasteiger partial charge in [-0.15, -0.1) is 0 Å². The van der Waals surface area contributed by atoms with Crippen LogP contribution in [0.3, 0.4) is 0 Å². The Morgan fingerprint density at radius 1 is 1.38 bits per heavy atom. The van der Waals surface area contributed by atoms with Crippen LogP contribution in [0.4, 0.5) is 0 Å². The first kappa shape index (κ1) is 11.9. The molecule has 6 nitrogen and oxygen atoms in total. The van der Waals surface area contributed by atoms with Crippen molar-refractivity contribution in [1.29, 1.82) is 0 Å². The van der Waals surface area contributed by atoms with E-state index in [-0.39, 0.29) is 6.61 Å². The number of esters is 1. The maximum Gasteiger partial charge on any atom is 0.437 e. The lowest BCUT2D eigenvalue weighted by Gasteiger charge is -2.05. The summed E-state index contributed by atoms with van der Waals surface area (Å²) in [5, 5.41) is 0. The van der Waals surface area contributed by atoms with Crippen LogP contribution < -0.4 is 11.4 Å². The molecule has 0 aliphatic carbocycles. The highest BCUT2D eigenvalue weighted by molar-refractivity contribution is 6.29. The average Bonchev–Trinajstić information content (AvgIpc) is 2.04. The average molecular weight is 190 g/mol. The predicted molar refractivity (Wildman–Crippen MR) is 43.8 cm³/mol. The lowest BCUT2D eigenvalue weighted by Crippen LogP contribution is -2.31. The summed E-state index contributed by atoms with van der Waals surface area (Å²) in [5.74, 6) is 2.87. The second-order valence-electron chi connectivity index (χ2n) is 2.83. The fourth-order valence-corrected chi connectivity index (χ4v) is 0.541. The van der Waals surface area contributed by atoms with Crippen LogP contribution in [0.25, 0.3) is 0 Å². The van der Waals surface area contributed by atoms with E-state index in [9.17, 15) is 9.59 Å². The Kier molecular flexibility index (Phi) is 5.82. The minimum atomic E-state index is -1.15. The van der Waals surface area contributed by atoms with Gasteiger partial charge in [0.2, 0.25) is 0 Å². The van der Waals surface area contributed by atoms with E-state index in [0.29, 0.717) is 12.3 Å². The predicted octanol–water partition coefficient (Wildman–Crippen LogP) is -0.503. The normalized spacial score (nSPS) is 9.85. The number of nitrogens with one attached hydrogen (secondary N) is 1. The van der Waals surface area contributed by atoms with Gasteiger partial charge in [-0.05, 0) is 12.3 Å². The summed E-state index contributed by atoms with van der Waals surface area (Å²) in [6, 6.07) is 0. The Labute approximate surface area is 76.3 Å². The highest BCUT2D eigenvalue weighted by Gasteiger charge is 2.16. The smallest absolute Gasteiger partial charge is 0.437 e. The van der Waals surface area contributed by atoms with Crippen molar-refractivity contribution in [3.05, 3.63) is 0 Å². The fourth-order valence-electron chi connectivity index (χ4n) is 0.541. The third kappa shape index (κ3) is 6.06. The molecule has 0 amide bonds. The number of nitrogens with two attached hydrogens (primary N) is 1. The van der Waals surface area contributed by atoms with Crippen molar-refractivity contribution in [1.82, 2.24) is 5.59 Å². The van der Waals surface area contributed by atoms with Gasteiger partial charge in [0, 0.05) is 0 Å². The Morgan fingerprint density at radius 3 is 2.46 bits per heavy atom. The van der Waals surface area contributed by atoms with Crippen LogP contribution in [0.2, 0.25) is 0 Å². The van der Waals surface area contributed by atoms with Crippen molar-refractivity contribution in [2.45, 2.75) is 20.3 Å². The van der Waals surface area contributed by atoms with Crippen LogP contribution in [-0.2, 0) is 19.2 Å². The van der Waals surface area contributed by atoms with E-state index in [2.05, 4.69) is 15.4 Å². The molecule has 0 saturated heterocycles. The molecule has 6 heteroatoms. The van der Waals surface area contributed by atoms with Gasteiger partial charge in [0.25, 0.3) is 0 Å². The third-order valence-corrected chi connectivity index (χ3v) is 1.25. The van der Waals surface area contributed by atoms with Gasteiger partial charge < -0.3 is 9.57 Å². The SMILES string of the molecule is CC(C)CCOC(=O)C(=O)ONN. The zero-order valence-electron chi connectivity index (χ0n) is 7.70. The number of carbonyl (C=O) groups is 2. The molecule has 0 aromatic rings. The van der Waals surface area contributed by atoms with Crippen molar-refractivity contribution in [3.8, 4) is 0 Å². The largest absolute Gasteiger partial charge is 0.457 e. The molecule has 0 bridgehead atoms. The number of ether oxygens (including phenoxy) is 1. The van der Waals surface area contributed by atoms with Crippen LogP contribution in [0, 0.1) is 5.92 Å². The monoisotopic (exact) mass is 190 g/mol. The van der Waals surface area contributed by atoms with Gasteiger partial charge in [0.15, 0.2) is 0 Å². The Bertz CT molecular complexity index is 181. The molecule has 0 atom stereocenters. The first-order valence-corrected chi connectivity index (χ1v) is 3.91. The fraction of sp³-hybridized carbons (Fsp3) is 0.714. The minimum absolute atomic E-state index is 0.205. The highest BCUT2D eigenvalue weighted by atomic mass is 16.7. The van der Waals surface area contributed by atoms with E-state index in [1.54, 1.807) is 5.59 Å². The molecule has 3 N–H and O–H groups in total. The van der Waals surface area contributed by atoms with E-state index < -0.39 is 11.9 Å². The highest BCUT2D eigenvalue weighted by Crippen LogP contribution is 1.98. The summed E-state index contributed by atoms with van der Waals surface area (Å²) in [4.78, 5) is 25.3. The van der Waals surface area contributed by atoms with Gasteiger partial charge in [-0.2, -0.15) is 0 Å². The lowest BCUT2D eigenvalue weighted by molar-refractivity contribution is -0.172. The Morgan fingerprint density at radius 2 is 2.00 bits per heavy atom. The number of rotatable bonds is 4. The van der Waals surface area contributed by atoms with E-state index >= 15 is 0 Å². The molecule has 0 heterocycles. The molecule has 0 spiro atoms. The van der Waals surface area contributed by atoms with Gasteiger partial charge in [-0.3, -0.25) is 0 Å². The molecule has 0 rings (SSSR count). The number of carbonyl (C=O) groups excluding carboxylic acids is 2. The molecular formula is C7H14N2O4. The second kappa shape index (κ2) is 6.38. The first-order valence-electron chi connectivity index (χ1n) is 3.91. The summed E-state index contributed by atoms with van der Waals surface area (Å²) in [6.45, 7) is 4.16. The van der Waals surface area contributed by atoms with E-state index in [0.717, 1.165) is 0 Å². The topological polar surface area (TPSA) is 90.7 Å². The Balaban J connectivity index is 3.56. The molecule has 0 aliphatic heterocycles. The molecule has 76 valence electrons. The van der Waals surface area contributed by atoms with Gasteiger partial charge in [-0.25, -0.2) is 15.4 Å². The van der Waals surface area contributed by atoms with Gasteiger partial charge in [0.05, 0.1) is 6.61 Å². The number of hydrogen-bond acceptors (Lipinski definition) is 6. The zero-order valence-corrected chi connectivity index (χ0v) is 7.70. The zero-order chi connectivity index (χ0) is 10.3. The third-order valence-electron chi connectivity index (χ3n) is 1.25. The summed E-state index contributed by atoms with van der Waals surface area (Å²) in [7, 11) is 0. The van der Waals surface area contributed by atoms with Crippen molar-refractivity contribution in [2.24, 2.45) is 11.8 Å². The van der Waals surface area contributed by atoms with E-state index in [1.165, 1.54) is 0 Å². The quantitative estimate of drug-likeness (QED) is 0.269. The van der Waals surface area contributed by atoms with E-state index in [1.807, 2.05) is 13.8 Å². The molecule has 0 saturated carbocycles. The van der Waals surface area contributed by atoms with Crippen LogP contribution in [0.1, 0.15) is 20.3 Å². The maximum atomic E-state index is 10.7. The van der Waals surface area contributed by atoms with Crippen molar-refractivity contribution < 1.29 is 19.2 Å². The molecule has 0 radical (unpaired) electrons. The van der Waals surface area contributed by atoms with Crippen LogP contribution in [0.5, 0.6) is 0 Å². The molecule has 0 fully saturated rings.